The molecule has 0 N–H and O–H groups in total. The molecular weight excluding hydrogens is 288 g/mol. The van der Waals surface area contributed by atoms with Gasteiger partial charge >= 0.3 is 0 Å². The number of fused-ring (bicyclic) bond motifs is 1. The molecule has 3 aromatic rings. The highest BCUT2D eigenvalue weighted by Crippen LogP contribution is 2.13. The molecule has 0 bridgehead atoms. The Balaban J connectivity index is 2.04. The lowest BCUT2D eigenvalue weighted by Gasteiger charge is -2.08. The molecule has 1 heterocycles. The van der Waals surface area contributed by atoms with Crippen molar-refractivity contribution < 1.29 is 4.79 Å². The lowest BCUT2D eigenvalue weighted by Crippen LogP contribution is -2.24. The Labute approximate surface area is 125 Å². The van der Waals surface area contributed by atoms with Gasteiger partial charge in [0.25, 0.3) is 5.56 Å². The second kappa shape index (κ2) is 5.50. The molecule has 2 aromatic carbocycles. The van der Waals surface area contributed by atoms with Crippen LogP contribution in [0.25, 0.3) is 11.0 Å². The van der Waals surface area contributed by atoms with E-state index in [1.54, 1.807) is 36.4 Å². The first-order valence-corrected chi connectivity index (χ1v) is 6.76. The monoisotopic (exact) mass is 298 g/mol. The third kappa shape index (κ3) is 2.71. The van der Waals surface area contributed by atoms with E-state index in [9.17, 15) is 9.59 Å². The van der Waals surface area contributed by atoms with Gasteiger partial charge in [-0.05, 0) is 24.3 Å². The summed E-state index contributed by atoms with van der Waals surface area (Å²) in [5.74, 6) is -0.170. The second-order valence-corrected chi connectivity index (χ2v) is 5.04. The van der Waals surface area contributed by atoms with E-state index in [0.717, 1.165) is 0 Å². The van der Waals surface area contributed by atoms with Gasteiger partial charge in [0.05, 0.1) is 23.8 Å². The fraction of sp³-hybridized carbons (Fsp3) is 0.0625. The summed E-state index contributed by atoms with van der Waals surface area (Å²) in [4.78, 5) is 28.4. The number of benzene rings is 2. The molecule has 0 saturated heterocycles. The first kappa shape index (κ1) is 13.5. The molecule has 3 rings (SSSR count). The summed E-state index contributed by atoms with van der Waals surface area (Å²) in [5.41, 5.74) is 1.50. The molecule has 0 spiro atoms. The summed E-state index contributed by atoms with van der Waals surface area (Å²) in [5, 5.41) is 0.493. The predicted molar refractivity (Wildman–Crippen MR) is 81.8 cm³/mol. The molecule has 0 unspecified atom stereocenters. The number of nitrogens with zero attached hydrogens (tertiary/aromatic N) is 2. The quantitative estimate of drug-likeness (QED) is 0.699. The van der Waals surface area contributed by atoms with Crippen LogP contribution in [0.3, 0.4) is 0 Å². The lowest BCUT2D eigenvalue weighted by molar-refractivity contribution is 0.0972. The van der Waals surface area contributed by atoms with E-state index in [2.05, 4.69) is 4.98 Å². The number of rotatable bonds is 3. The van der Waals surface area contributed by atoms with E-state index in [4.69, 9.17) is 11.6 Å². The Morgan fingerprint density at radius 1 is 1.14 bits per heavy atom. The van der Waals surface area contributed by atoms with Gasteiger partial charge in [0.2, 0.25) is 0 Å². The Hall–Kier alpha value is -2.46. The van der Waals surface area contributed by atoms with Crippen molar-refractivity contribution in [3.05, 3.63) is 75.7 Å². The third-order valence-corrected chi connectivity index (χ3v) is 3.44. The highest BCUT2D eigenvalue weighted by Gasteiger charge is 2.11. The van der Waals surface area contributed by atoms with Crippen molar-refractivity contribution in [2.75, 3.05) is 0 Å². The minimum atomic E-state index is -0.302. The molecule has 21 heavy (non-hydrogen) atoms. The van der Waals surface area contributed by atoms with E-state index in [0.29, 0.717) is 21.6 Å². The van der Waals surface area contributed by atoms with Crippen molar-refractivity contribution >= 4 is 28.4 Å². The average Bonchev–Trinajstić information content (AvgIpc) is 2.50. The van der Waals surface area contributed by atoms with Crippen LogP contribution in [0, 0.1) is 0 Å². The fourth-order valence-corrected chi connectivity index (χ4v) is 2.36. The molecule has 0 aliphatic heterocycles. The highest BCUT2D eigenvalue weighted by molar-refractivity contribution is 6.31. The van der Waals surface area contributed by atoms with Crippen molar-refractivity contribution in [3.63, 3.8) is 0 Å². The topological polar surface area (TPSA) is 52.0 Å². The van der Waals surface area contributed by atoms with E-state index < -0.39 is 0 Å². The first-order valence-electron chi connectivity index (χ1n) is 6.38. The van der Waals surface area contributed by atoms with Crippen LogP contribution in [0.5, 0.6) is 0 Å². The molecule has 0 aliphatic carbocycles. The van der Waals surface area contributed by atoms with Crippen LogP contribution < -0.4 is 5.56 Å². The number of ketones is 1. The largest absolute Gasteiger partial charge is 0.298 e. The predicted octanol–water partition coefficient (Wildman–Crippen LogP) is 2.93. The number of hydrogen-bond donors (Lipinski definition) is 0. The van der Waals surface area contributed by atoms with Crippen LogP contribution in [0.4, 0.5) is 0 Å². The zero-order chi connectivity index (χ0) is 14.8. The van der Waals surface area contributed by atoms with Crippen LogP contribution in [0.2, 0.25) is 5.02 Å². The third-order valence-electron chi connectivity index (χ3n) is 3.20. The number of carbonyl (C=O) groups is 1. The highest BCUT2D eigenvalue weighted by atomic mass is 35.5. The Kier molecular flexibility index (Phi) is 3.54. The van der Waals surface area contributed by atoms with Gasteiger partial charge in [-0.2, -0.15) is 0 Å². The number of halogens is 1. The standard InChI is InChI=1S/C16H11ClN2O2/c17-12-5-3-4-11(8-12)15(20)10-19-14-7-2-1-6-13(14)18-9-16(19)21/h1-9H,10H2. The number of aromatic nitrogens is 2. The molecule has 0 radical (unpaired) electrons. The van der Waals surface area contributed by atoms with Crippen LogP contribution in [-0.4, -0.2) is 15.3 Å². The fourth-order valence-electron chi connectivity index (χ4n) is 2.17. The maximum absolute atomic E-state index is 12.3. The summed E-state index contributed by atoms with van der Waals surface area (Å²) in [6.45, 7) is -0.0395. The van der Waals surface area contributed by atoms with Gasteiger partial charge in [-0.15, -0.1) is 0 Å². The number of Topliss-reactive ketones (excluding diaryl/α,β-unsaturated/α-hetero) is 1. The van der Waals surface area contributed by atoms with E-state index >= 15 is 0 Å². The van der Waals surface area contributed by atoms with Gasteiger partial charge < -0.3 is 0 Å². The molecular formula is C16H11ClN2O2. The molecule has 0 amide bonds. The lowest BCUT2D eigenvalue weighted by atomic mass is 10.1. The first-order chi connectivity index (χ1) is 10.1. The number of carbonyl (C=O) groups excluding carboxylic acids is 1. The Morgan fingerprint density at radius 2 is 1.95 bits per heavy atom. The van der Waals surface area contributed by atoms with Crippen molar-refractivity contribution in [1.29, 1.82) is 0 Å². The van der Waals surface area contributed by atoms with Gasteiger partial charge in [-0.3, -0.25) is 14.2 Å². The molecule has 0 saturated carbocycles. The van der Waals surface area contributed by atoms with Gasteiger partial charge in [0, 0.05) is 10.6 Å². The molecule has 104 valence electrons. The molecule has 1 aromatic heterocycles. The van der Waals surface area contributed by atoms with Crippen molar-refractivity contribution in [2.24, 2.45) is 0 Å². The van der Waals surface area contributed by atoms with E-state index in [1.165, 1.54) is 10.8 Å². The molecule has 0 fully saturated rings. The van der Waals surface area contributed by atoms with Gasteiger partial charge in [-0.25, -0.2) is 4.98 Å². The van der Waals surface area contributed by atoms with E-state index in [1.807, 2.05) is 12.1 Å². The summed E-state index contributed by atoms with van der Waals surface area (Å²) in [7, 11) is 0. The summed E-state index contributed by atoms with van der Waals surface area (Å²) in [6.07, 6.45) is 1.23. The number of hydrogen-bond acceptors (Lipinski definition) is 3. The maximum atomic E-state index is 12.3. The van der Waals surface area contributed by atoms with Gasteiger partial charge in [0.1, 0.15) is 0 Å². The molecule has 5 heteroatoms. The zero-order valence-corrected chi connectivity index (χ0v) is 11.7. The molecule has 0 atom stereocenters. The second-order valence-electron chi connectivity index (χ2n) is 4.60. The molecule has 4 nitrogen and oxygen atoms in total. The Bertz CT molecular complexity index is 887. The molecule has 0 aliphatic rings. The smallest absolute Gasteiger partial charge is 0.269 e. The summed E-state index contributed by atoms with van der Waals surface area (Å²) < 4.78 is 1.42. The van der Waals surface area contributed by atoms with Crippen LogP contribution in [0.15, 0.2) is 59.5 Å². The van der Waals surface area contributed by atoms with Crippen LogP contribution >= 0.6 is 11.6 Å². The van der Waals surface area contributed by atoms with Crippen LogP contribution in [-0.2, 0) is 6.54 Å². The van der Waals surface area contributed by atoms with Crippen LogP contribution in [0.1, 0.15) is 10.4 Å². The van der Waals surface area contributed by atoms with E-state index in [-0.39, 0.29) is 17.9 Å². The van der Waals surface area contributed by atoms with Crippen molar-refractivity contribution in [3.8, 4) is 0 Å². The minimum Gasteiger partial charge on any atom is -0.298 e. The number of para-hydroxylation sites is 2. The van der Waals surface area contributed by atoms with Crippen molar-refractivity contribution in [1.82, 2.24) is 9.55 Å². The average molecular weight is 299 g/mol. The summed E-state index contributed by atoms with van der Waals surface area (Å²) >= 11 is 5.89. The van der Waals surface area contributed by atoms with Gasteiger partial charge in [-0.1, -0.05) is 35.9 Å². The zero-order valence-electron chi connectivity index (χ0n) is 11.0. The van der Waals surface area contributed by atoms with Crippen molar-refractivity contribution in [2.45, 2.75) is 6.54 Å². The van der Waals surface area contributed by atoms with Gasteiger partial charge in [0.15, 0.2) is 5.78 Å². The Morgan fingerprint density at radius 3 is 2.76 bits per heavy atom. The SMILES string of the molecule is O=C(Cn1c(=O)cnc2ccccc21)c1cccc(Cl)c1. The minimum absolute atomic E-state index is 0.0395. The summed E-state index contributed by atoms with van der Waals surface area (Å²) in [6, 6.07) is 13.9. The normalized spacial score (nSPS) is 10.7. The maximum Gasteiger partial charge on any atom is 0.269 e.